The second-order valence-corrected chi connectivity index (χ2v) is 5.07. The van der Waals surface area contributed by atoms with Crippen LogP contribution in [0.5, 0.6) is 5.75 Å². The largest absolute Gasteiger partial charge is 0.484 e. The molecule has 1 N–H and O–H groups in total. The number of rotatable bonds is 5. The van der Waals surface area contributed by atoms with Crippen molar-refractivity contribution >= 4 is 23.4 Å². The molecular formula is C16H11N3O6. The molecule has 0 atom stereocenters. The van der Waals surface area contributed by atoms with E-state index in [0.29, 0.717) is 5.01 Å². The third-order valence-corrected chi connectivity index (χ3v) is 3.45. The quantitative estimate of drug-likeness (QED) is 0.497. The van der Waals surface area contributed by atoms with Crippen LogP contribution in [0.15, 0.2) is 48.5 Å². The van der Waals surface area contributed by atoms with Crippen LogP contribution in [0, 0.1) is 10.1 Å². The Kier molecular flexibility index (Phi) is 4.12. The van der Waals surface area contributed by atoms with Gasteiger partial charge >= 0.3 is 0 Å². The molecule has 0 saturated heterocycles. The number of nitro groups is 1. The van der Waals surface area contributed by atoms with Gasteiger partial charge in [-0.25, -0.2) is 0 Å². The highest BCUT2D eigenvalue weighted by atomic mass is 16.6. The van der Waals surface area contributed by atoms with Gasteiger partial charge in [-0.2, -0.15) is 5.01 Å². The number of ether oxygens (including phenoxy) is 1. The first-order valence-corrected chi connectivity index (χ1v) is 7.12. The molecule has 126 valence electrons. The lowest BCUT2D eigenvalue weighted by molar-refractivity contribution is -0.384. The molecule has 9 heteroatoms. The fraction of sp³-hybridized carbons (Fsp3) is 0.0625. The van der Waals surface area contributed by atoms with Gasteiger partial charge in [0.05, 0.1) is 16.1 Å². The average molecular weight is 341 g/mol. The summed E-state index contributed by atoms with van der Waals surface area (Å²) in [6.07, 6.45) is 0. The number of hydrazine groups is 1. The van der Waals surface area contributed by atoms with Gasteiger partial charge in [-0.3, -0.25) is 29.9 Å². The Bertz CT molecular complexity index is 843. The molecule has 0 radical (unpaired) electrons. The van der Waals surface area contributed by atoms with Gasteiger partial charge in [0.15, 0.2) is 6.61 Å². The fourth-order valence-electron chi connectivity index (χ4n) is 2.26. The molecule has 3 rings (SSSR count). The van der Waals surface area contributed by atoms with Gasteiger partial charge in [0.2, 0.25) is 0 Å². The van der Waals surface area contributed by atoms with Gasteiger partial charge in [0.1, 0.15) is 5.75 Å². The minimum atomic E-state index is -0.715. The minimum Gasteiger partial charge on any atom is -0.484 e. The zero-order chi connectivity index (χ0) is 18.0. The third kappa shape index (κ3) is 3.15. The molecule has 1 aliphatic heterocycles. The highest BCUT2D eigenvalue weighted by Crippen LogP contribution is 2.21. The zero-order valence-corrected chi connectivity index (χ0v) is 12.7. The SMILES string of the molecule is O=C(COc1ccc([N+](=O)[O-])cc1)NN1C(=O)c2ccccc2C1=O. The van der Waals surface area contributed by atoms with Gasteiger partial charge in [0, 0.05) is 12.1 Å². The number of carbonyl (C=O) groups is 3. The van der Waals surface area contributed by atoms with Crippen LogP contribution < -0.4 is 10.2 Å². The van der Waals surface area contributed by atoms with Crippen molar-refractivity contribution in [3.8, 4) is 5.75 Å². The number of benzene rings is 2. The van der Waals surface area contributed by atoms with Crippen LogP contribution in [0.3, 0.4) is 0 Å². The van der Waals surface area contributed by atoms with E-state index in [1.165, 1.54) is 36.4 Å². The first kappa shape index (κ1) is 16.1. The number of fused-ring (bicyclic) bond motifs is 1. The van der Waals surface area contributed by atoms with E-state index >= 15 is 0 Å². The standard InChI is InChI=1S/C16H11N3O6/c20-14(9-25-11-7-5-10(6-8-11)19(23)24)17-18-15(21)12-3-1-2-4-13(12)16(18)22/h1-8H,9H2,(H,17,20). The molecule has 0 aliphatic carbocycles. The summed E-state index contributed by atoms with van der Waals surface area (Å²) in [5.41, 5.74) is 2.50. The van der Waals surface area contributed by atoms with E-state index in [2.05, 4.69) is 5.43 Å². The highest BCUT2D eigenvalue weighted by molar-refractivity contribution is 6.21. The van der Waals surface area contributed by atoms with Crippen molar-refractivity contribution in [1.29, 1.82) is 0 Å². The second kappa shape index (κ2) is 6.40. The van der Waals surface area contributed by atoms with Crippen molar-refractivity contribution in [2.24, 2.45) is 0 Å². The van der Waals surface area contributed by atoms with Crippen LogP contribution in [0.1, 0.15) is 20.7 Å². The van der Waals surface area contributed by atoms with Crippen LogP contribution in [0.2, 0.25) is 0 Å². The summed E-state index contributed by atoms with van der Waals surface area (Å²) in [6.45, 7) is -0.467. The van der Waals surface area contributed by atoms with E-state index in [9.17, 15) is 24.5 Å². The van der Waals surface area contributed by atoms with Crippen molar-refractivity contribution in [2.75, 3.05) is 6.61 Å². The van der Waals surface area contributed by atoms with E-state index in [4.69, 9.17) is 4.74 Å². The van der Waals surface area contributed by atoms with Gasteiger partial charge in [-0.1, -0.05) is 12.1 Å². The number of nitro benzene ring substituents is 1. The lowest BCUT2D eigenvalue weighted by atomic mass is 10.1. The number of hydrogen-bond acceptors (Lipinski definition) is 6. The monoisotopic (exact) mass is 341 g/mol. The zero-order valence-electron chi connectivity index (χ0n) is 12.7. The number of hydrogen-bond donors (Lipinski definition) is 1. The summed E-state index contributed by atoms with van der Waals surface area (Å²) in [4.78, 5) is 46.1. The summed E-state index contributed by atoms with van der Waals surface area (Å²) in [5, 5.41) is 11.2. The van der Waals surface area contributed by atoms with Crippen LogP contribution in [-0.2, 0) is 4.79 Å². The Hall–Kier alpha value is -3.75. The number of non-ortho nitro benzene ring substituents is 1. The maximum absolute atomic E-state index is 12.1. The van der Waals surface area contributed by atoms with Gasteiger partial charge < -0.3 is 4.74 Å². The average Bonchev–Trinajstić information content (AvgIpc) is 2.86. The molecule has 25 heavy (non-hydrogen) atoms. The molecule has 2 aromatic carbocycles. The lowest BCUT2D eigenvalue weighted by Gasteiger charge is -2.15. The Balaban J connectivity index is 1.59. The molecule has 3 amide bonds. The van der Waals surface area contributed by atoms with Crippen LogP contribution in [-0.4, -0.2) is 34.3 Å². The Labute approximate surface area is 140 Å². The predicted molar refractivity (Wildman–Crippen MR) is 83.7 cm³/mol. The van der Waals surface area contributed by atoms with E-state index in [0.717, 1.165) is 0 Å². The summed E-state index contributed by atoms with van der Waals surface area (Å²) >= 11 is 0. The molecule has 0 unspecified atom stereocenters. The van der Waals surface area contributed by atoms with Crippen molar-refractivity contribution < 1.29 is 24.0 Å². The molecule has 2 aromatic rings. The number of amides is 3. The first-order valence-electron chi connectivity index (χ1n) is 7.12. The summed E-state index contributed by atoms with van der Waals surface area (Å²) in [7, 11) is 0. The maximum atomic E-state index is 12.1. The normalized spacial score (nSPS) is 12.7. The molecular weight excluding hydrogens is 330 g/mol. The summed E-state index contributed by atoms with van der Waals surface area (Å²) in [6, 6.07) is 11.4. The van der Waals surface area contributed by atoms with Gasteiger partial charge in [0.25, 0.3) is 23.4 Å². The molecule has 9 nitrogen and oxygen atoms in total. The Morgan fingerprint density at radius 3 is 2.12 bits per heavy atom. The van der Waals surface area contributed by atoms with Crippen LogP contribution >= 0.6 is 0 Å². The highest BCUT2D eigenvalue weighted by Gasteiger charge is 2.36. The molecule has 0 aromatic heterocycles. The lowest BCUT2D eigenvalue weighted by Crippen LogP contribution is -2.47. The van der Waals surface area contributed by atoms with Gasteiger partial charge in [-0.15, -0.1) is 0 Å². The molecule has 0 bridgehead atoms. The summed E-state index contributed by atoms with van der Waals surface area (Å²) < 4.78 is 5.18. The Morgan fingerprint density at radius 2 is 1.60 bits per heavy atom. The molecule has 1 aliphatic rings. The minimum absolute atomic E-state index is 0.108. The third-order valence-electron chi connectivity index (χ3n) is 3.45. The van der Waals surface area contributed by atoms with E-state index in [-0.39, 0.29) is 22.6 Å². The predicted octanol–water partition coefficient (Wildman–Crippen LogP) is 1.30. The smallest absolute Gasteiger partial charge is 0.280 e. The number of carbonyl (C=O) groups excluding carboxylic acids is 3. The molecule has 1 heterocycles. The molecule has 0 spiro atoms. The Morgan fingerprint density at radius 1 is 1.04 bits per heavy atom. The van der Waals surface area contributed by atoms with Gasteiger partial charge in [-0.05, 0) is 24.3 Å². The number of imide groups is 1. The number of nitrogens with one attached hydrogen (secondary N) is 1. The second-order valence-electron chi connectivity index (χ2n) is 5.07. The number of nitrogens with zero attached hydrogens (tertiary/aromatic N) is 2. The van der Waals surface area contributed by atoms with Crippen molar-refractivity contribution in [3.63, 3.8) is 0 Å². The van der Waals surface area contributed by atoms with E-state index < -0.39 is 29.3 Å². The van der Waals surface area contributed by atoms with Crippen molar-refractivity contribution in [2.45, 2.75) is 0 Å². The topological polar surface area (TPSA) is 119 Å². The molecule has 0 fully saturated rings. The van der Waals surface area contributed by atoms with E-state index in [1.807, 2.05) is 0 Å². The maximum Gasteiger partial charge on any atom is 0.280 e. The first-order chi connectivity index (χ1) is 12.0. The fourth-order valence-corrected chi connectivity index (χ4v) is 2.26. The van der Waals surface area contributed by atoms with Crippen molar-refractivity contribution in [3.05, 3.63) is 69.8 Å². The summed E-state index contributed by atoms with van der Waals surface area (Å²) in [5.74, 6) is -1.72. The van der Waals surface area contributed by atoms with E-state index in [1.54, 1.807) is 12.1 Å². The van der Waals surface area contributed by atoms with Crippen LogP contribution in [0.25, 0.3) is 0 Å². The van der Waals surface area contributed by atoms with Crippen molar-refractivity contribution in [1.82, 2.24) is 10.4 Å². The molecule has 0 saturated carbocycles. The van der Waals surface area contributed by atoms with Crippen LogP contribution in [0.4, 0.5) is 5.69 Å².